The maximum atomic E-state index is 15.2. The number of nitrogens with two attached hydrogens (primary N) is 2. The van der Waals surface area contributed by atoms with Crippen molar-refractivity contribution in [1.29, 1.82) is 0 Å². The van der Waals surface area contributed by atoms with Gasteiger partial charge in [-0.3, -0.25) is 9.80 Å². The number of benzene rings is 2. The minimum Gasteiger partial charge on any atom is -0.490 e. The van der Waals surface area contributed by atoms with Gasteiger partial charge in [-0.05, 0) is 54.3 Å². The van der Waals surface area contributed by atoms with Gasteiger partial charge in [-0.25, -0.2) is 10.8 Å². The van der Waals surface area contributed by atoms with Gasteiger partial charge in [0, 0.05) is 40.4 Å². The van der Waals surface area contributed by atoms with E-state index < -0.39 is 5.95 Å². The number of H-pyrrole nitrogens is 1. The average Bonchev–Trinajstić information content (AvgIpc) is 3.52. The van der Waals surface area contributed by atoms with Crippen LogP contribution >= 0.6 is 11.6 Å². The topological polar surface area (TPSA) is 140 Å². The van der Waals surface area contributed by atoms with Crippen LogP contribution in [0.15, 0.2) is 58.4 Å². The highest BCUT2D eigenvalue weighted by Crippen LogP contribution is 2.60. The van der Waals surface area contributed by atoms with Gasteiger partial charge in [-0.2, -0.15) is 9.49 Å². The zero-order valence-electron chi connectivity index (χ0n) is 20.6. The third-order valence-electron chi connectivity index (χ3n) is 7.63. The Morgan fingerprint density at radius 1 is 1.21 bits per heavy atom. The standard InChI is InChI=1S/C27H24ClFN8O2/c28-15-2-4-20(36(31)12-33-30)16(10-15)14-7-21-17-11-18(17)25(37(21)23(38)9-14)27-34-24(26(29)35-27)13-1-3-19-22(8-13)39-6-5-32-19/h1-4,7-10,12,17-18,25,32H,5-6,11,30-31H2,(H,34,35)/b33-12-. The van der Waals surface area contributed by atoms with Crippen molar-refractivity contribution < 1.29 is 9.13 Å². The number of aromatic amines is 1. The number of nitrogens with one attached hydrogen (secondary N) is 2. The van der Waals surface area contributed by atoms with Gasteiger partial charge in [0.25, 0.3) is 5.56 Å². The Morgan fingerprint density at radius 3 is 2.92 bits per heavy atom. The lowest BCUT2D eigenvalue weighted by Gasteiger charge is -2.20. The number of ether oxygens (including phenoxy) is 1. The van der Waals surface area contributed by atoms with Gasteiger partial charge in [0.2, 0.25) is 5.95 Å². The Morgan fingerprint density at radius 2 is 2.08 bits per heavy atom. The molecule has 6 N–H and O–H groups in total. The van der Waals surface area contributed by atoms with E-state index in [1.807, 2.05) is 18.2 Å². The fourth-order valence-corrected chi connectivity index (χ4v) is 6.01. The first-order valence-corrected chi connectivity index (χ1v) is 12.9. The highest BCUT2D eigenvalue weighted by atomic mass is 35.5. The summed E-state index contributed by atoms with van der Waals surface area (Å²) in [7, 11) is 0. The first-order valence-electron chi connectivity index (χ1n) is 12.5. The van der Waals surface area contributed by atoms with Crippen LogP contribution in [-0.2, 0) is 0 Å². The number of fused-ring (bicyclic) bond motifs is 4. The van der Waals surface area contributed by atoms with Crippen molar-refractivity contribution in [3.05, 3.63) is 81.4 Å². The molecule has 12 heteroatoms. The van der Waals surface area contributed by atoms with Gasteiger partial charge in [0.15, 0.2) is 0 Å². The molecule has 2 aliphatic heterocycles. The smallest absolute Gasteiger partial charge is 0.252 e. The van der Waals surface area contributed by atoms with Crippen LogP contribution in [0.1, 0.15) is 29.9 Å². The van der Waals surface area contributed by atoms with Crippen molar-refractivity contribution >= 4 is 29.3 Å². The number of hydrogen-bond donors (Lipinski definition) is 4. The van der Waals surface area contributed by atoms with E-state index in [-0.39, 0.29) is 29.1 Å². The van der Waals surface area contributed by atoms with Crippen LogP contribution in [-0.4, -0.2) is 34.0 Å². The van der Waals surface area contributed by atoms with E-state index in [9.17, 15) is 4.79 Å². The molecular weight excluding hydrogens is 523 g/mol. The van der Waals surface area contributed by atoms with Gasteiger partial charge >= 0.3 is 0 Å². The molecule has 3 atom stereocenters. The Hall–Kier alpha value is -4.35. The molecule has 4 heterocycles. The van der Waals surface area contributed by atoms with E-state index in [2.05, 4.69) is 20.4 Å². The molecule has 3 aliphatic rings. The fraction of sp³-hybridized carbons (Fsp3) is 0.222. The van der Waals surface area contributed by atoms with Crippen molar-refractivity contribution in [1.82, 2.24) is 14.5 Å². The highest BCUT2D eigenvalue weighted by Gasteiger charge is 2.54. The molecule has 1 fully saturated rings. The lowest BCUT2D eigenvalue weighted by molar-refractivity contribution is 0.323. The molecule has 4 aromatic rings. The molecule has 0 spiro atoms. The molecule has 0 saturated heterocycles. The summed E-state index contributed by atoms with van der Waals surface area (Å²) in [6, 6.07) is 13.8. The van der Waals surface area contributed by atoms with Crippen molar-refractivity contribution in [3.63, 3.8) is 0 Å². The average molecular weight is 547 g/mol. The number of hydrogen-bond acceptors (Lipinski definition) is 7. The molecule has 2 aromatic heterocycles. The molecule has 39 heavy (non-hydrogen) atoms. The summed E-state index contributed by atoms with van der Waals surface area (Å²) >= 11 is 6.29. The van der Waals surface area contributed by atoms with Crippen LogP contribution < -0.4 is 32.3 Å². The molecule has 0 bridgehead atoms. The quantitative estimate of drug-likeness (QED) is 0.129. The van der Waals surface area contributed by atoms with Gasteiger partial charge in [0.1, 0.15) is 30.2 Å². The second-order valence-electron chi connectivity index (χ2n) is 9.93. The molecule has 7 rings (SSSR count). The fourth-order valence-electron chi connectivity index (χ4n) is 5.84. The van der Waals surface area contributed by atoms with Crippen molar-refractivity contribution in [3.8, 4) is 28.1 Å². The highest BCUT2D eigenvalue weighted by molar-refractivity contribution is 6.31. The number of nitrogens with zero attached hydrogens (tertiary/aromatic N) is 4. The number of pyridine rings is 1. The lowest BCUT2D eigenvalue weighted by Crippen LogP contribution is -2.30. The number of imidazole rings is 1. The van der Waals surface area contributed by atoms with Gasteiger partial charge in [-0.15, -0.1) is 0 Å². The number of hydrazone groups is 1. The van der Waals surface area contributed by atoms with Gasteiger partial charge < -0.3 is 25.4 Å². The maximum absolute atomic E-state index is 15.2. The zero-order valence-corrected chi connectivity index (χ0v) is 21.3. The number of aromatic nitrogens is 3. The Labute approximate surface area is 227 Å². The van der Waals surface area contributed by atoms with Crippen molar-refractivity contribution in [2.45, 2.75) is 18.4 Å². The van der Waals surface area contributed by atoms with E-state index in [4.69, 9.17) is 28.0 Å². The number of halogens is 2. The van der Waals surface area contributed by atoms with E-state index in [1.165, 1.54) is 17.4 Å². The first kappa shape index (κ1) is 23.7. The predicted molar refractivity (Wildman–Crippen MR) is 147 cm³/mol. The monoisotopic (exact) mass is 546 g/mol. The maximum Gasteiger partial charge on any atom is 0.252 e. The van der Waals surface area contributed by atoms with E-state index in [0.29, 0.717) is 45.6 Å². The molecule has 0 amide bonds. The van der Waals surface area contributed by atoms with Crippen LogP contribution in [0.4, 0.5) is 15.8 Å². The second-order valence-corrected chi connectivity index (χ2v) is 10.4. The van der Waals surface area contributed by atoms with Crippen LogP contribution in [0, 0.1) is 11.9 Å². The Balaban J connectivity index is 1.28. The van der Waals surface area contributed by atoms with Crippen molar-refractivity contribution in [2.75, 3.05) is 23.5 Å². The van der Waals surface area contributed by atoms with Crippen LogP contribution in [0.25, 0.3) is 22.4 Å². The molecule has 1 saturated carbocycles. The van der Waals surface area contributed by atoms with E-state index >= 15 is 4.39 Å². The Kier molecular flexibility index (Phi) is 5.39. The largest absolute Gasteiger partial charge is 0.490 e. The molecule has 0 radical (unpaired) electrons. The SMILES string of the molecule is N/N=C\N(N)c1ccc(Cl)cc1-c1cc2n(c(=O)c1)C(c1nc(-c3ccc4c(c3)OCCN4)c(F)[nH]1)C1CC21. The second kappa shape index (κ2) is 8.85. The van der Waals surface area contributed by atoms with Gasteiger partial charge in [-0.1, -0.05) is 17.7 Å². The summed E-state index contributed by atoms with van der Waals surface area (Å²) in [5.74, 6) is 12.2. The number of hydrazine groups is 1. The minimum atomic E-state index is -0.544. The third kappa shape index (κ3) is 3.84. The summed E-state index contributed by atoms with van der Waals surface area (Å²) < 4.78 is 22.6. The third-order valence-corrected chi connectivity index (χ3v) is 7.86. The predicted octanol–water partition coefficient (Wildman–Crippen LogP) is 3.79. The Bertz CT molecular complexity index is 1720. The van der Waals surface area contributed by atoms with Crippen LogP contribution in [0.2, 0.25) is 5.02 Å². The number of rotatable bonds is 5. The lowest BCUT2D eigenvalue weighted by atomic mass is 10.0. The summed E-state index contributed by atoms with van der Waals surface area (Å²) in [6.45, 7) is 1.26. The minimum absolute atomic E-state index is 0.150. The number of anilines is 2. The summed E-state index contributed by atoms with van der Waals surface area (Å²) in [5.41, 5.74) is 4.25. The normalized spacial score (nSPS) is 20.6. The zero-order chi connectivity index (χ0) is 26.8. The summed E-state index contributed by atoms with van der Waals surface area (Å²) in [6.07, 6.45) is 2.16. The van der Waals surface area contributed by atoms with Crippen molar-refractivity contribution in [2.24, 2.45) is 22.7 Å². The molecule has 1 aliphatic carbocycles. The molecule has 198 valence electrons. The summed E-state index contributed by atoms with van der Waals surface area (Å²) in [5, 5.41) is 8.51. The molecular formula is C27H24ClFN8O2. The van der Waals surface area contributed by atoms with Crippen LogP contribution in [0.3, 0.4) is 0 Å². The molecule has 2 aromatic carbocycles. The summed E-state index contributed by atoms with van der Waals surface area (Å²) in [4.78, 5) is 21.0. The van der Waals surface area contributed by atoms with E-state index in [0.717, 1.165) is 24.3 Å². The molecule has 10 nitrogen and oxygen atoms in total. The van der Waals surface area contributed by atoms with Crippen LogP contribution in [0.5, 0.6) is 5.75 Å². The van der Waals surface area contributed by atoms with E-state index in [1.54, 1.807) is 28.8 Å². The molecule has 3 unspecified atom stereocenters. The van der Waals surface area contributed by atoms with Gasteiger partial charge in [0.05, 0.1) is 17.4 Å². The first-order chi connectivity index (χ1) is 18.9.